The van der Waals surface area contributed by atoms with Gasteiger partial charge < -0.3 is 19.5 Å². The Hall–Kier alpha value is -3.57. The van der Waals surface area contributed by atoms with Crippen molar-refractivity contribution >= 4 is 29.4 Å². The Kier molecular flexibility index (Phi) is 7.41. The maximum Gasteiger partial charge on any atom is 0.240 e. The van der Waals surface area contributed by atoms with E-state index in [9.17, 15) is 14.0 Å². The van der Waals surface area contributed by atoms with Crippen LogP contribution in [-0.4, -0.2) is 59.9 Å². The van der Waals surface area contributed by atoms with Gasteiger partial charge in [0, 0.05) is 24.1 Å². The molecule has 3 aromatic rings. The molecular formula is C30H33FN4O5S. The van der Waals surface area contributed by atoms with Crippen LogP contribution in [-0.2, 0) is 19.7 Å². The summed E-state index contributed by atoms with van der Waals surface area (Å²) >= 11 is 1.49. The molecule has 0 bridgehead atoms. The predicted octanol–water partition coefficient (Wildman–Crippen LogP) is 4.50. The van der Waals surface area contributed by atoms with E-state index in [0.717, 1.165) is 29.7 Å². The van der Waals surface area contributed by atoms with Crippen LogP contribution >= 0.6 is 11.8 Å². The molecule has 3 aliphatic rings. The van der Waals surface area contributed by atoms with Crippen molar-refractivity contribution in [2.45, 2.75) is 50.4 Å². The molecule has 2 amide bonds. The molecule has 1 aromatic heterocycles. The molecule has 2 aromatic carbocycles. The van der Waals surface area contributed by atoms with E-state index in [1.807, 2.05) is 18.2 Å². The van der Waals surface area contributed by atoms with Crippen LogP contribution in [0.15, 0.2) is 42.5 Å². The van der Waals surface area contributed by atoms with Crippen molar-refractivity contribution in [1.82, 2.24) is 15.1 Å². The average molecular weight is 581 g/mol. The third-order valence-corrected chi connectivity index (χ3v) is 8.68. The fourth-order valence-electron chi connectivity index (χ4n) is 5.41. The number of amides is 2. The summed E-state index contributed by atoms with van der Waals surface area (Å²) in [6.07, 6.45) is 1.85. The van der Waals surface area contributed by atoms with Crippen molar-refractivity contribution in [3.63, 3.8) is 0 Å². The molecular weight excluding hydrogens is 547 g/mol. The molecule has 1 fully saturated rings. The Morgan fingerprint density at radius 1 is 1.15 bits per heavy atom. The molecule has 1 N–H and O–H groups in total. The number of carbonyl (C=O) groups excluding carboxylic acids is 2. The number of rotatable bonds is 6. The second kappa shape index (κ2) is 11.0. The number of hydrogen-bond acceptors (Lipinski definition) is 7. The zero-order valence-corrected chi connectivity index (χ0v) is 24.1. The molecule has 0 spiro atoms. The lowest BCUT2D eigenvalue weighted by Crippen LogP contribution is -2.44. The summed E-state index contributed by atoms with van der Waals surface area (Å²) in [7, 11) is 0. The predicted molar refractivity (Wildman–Crippen MR) is 153 cm³/mol. The molecule has 0 unspecified atom stereocenters. The van der Waals surface area contributed by atoms with Gasteiger partial charge in [-0.15, -0.1) is 11.8 Å². The van der Waals surface area contributed by atoms with E-state index in [1.54, 1.807) is 16.8 Å². The minimum atomic E-state index is -0.411. The van der Waals surface area contributed by atoms with Gasteiger partial charge in [0.25, 0.3) is 0 Å². The van der Waals surface area contributed by atoms with Crippen molar-refractivity contribution in [3.05, 3.63) is 65.1 Å². The van der Waals surface area contributed by atoms with Crippen LogP contribution in [0.4, 0.5) is 10.2 Å². The van der Waals surface area contributed by atoms with Gasteiger partial charge in [-0.05, 0) is 54.8 Å². The number of ether oxygens (including phenoxy) is 3. The molecule has 4 heterocycles. The number of aromatic nitrogens is 2. The summed E-state index contributed by atoms with van der Waals surface area (Å²) in [5.41, 5.74) is 2.73. The maximum atomic E-state index is 13.9. The molecule has 41 heavy (non-hydrogen) atoms. The van der Waals surface area contributed by atoms with E-state index >= 15 is 0 Å². The highest BCUT2D eigenvalue weighted by Gasteiger charge is 2.40. The first-order valence-corrected chi connectivity index (χ1v) is 14.8. The highest BCUT2D eigenvalue weighted by atomic mass is 32.2. The van der Waals surface area contributed by atoms with Crippen LogP contribution in [0.3, 0.4) is 0 Å². The van der Waals surface area contributed by atoms with E-state index < -0.39 is 5.41 Å². The van der Waals surface area contributed by atoms with Gasteiger partial charge in [0.2, 0.25) is 18.6 Å². The number of thioether (sulfide) groups is 1. The number of carbonyl (C=O) groups is 2. The van der Waals surface area contributed by atoms with Crippen LogP contribution < -0.4 is 19.7 Å². The van der Waals surface area contributed by atoms with Crippen LogP contribution in [0.2, 0.25) is 0 Å². The van der Waals surface area contributed by atoms with E-state index in [2.05, 4.69) is 26.1 Å². The van der Waals surface area contributed by atoms with Gasteiger partial charge in [0.05, 0.1) is 28.5 Å². The lowest BCUT2D eigenvalue weighted by Gasteiger charge is -2.25. The summed E-state index contributed by atoms with van der Waals surface area (Å²) in [6.45, 7) is 7.27. The van der Waals surface area contributed by atoms with Gasteiger partial charge in [-0.1, -0.05) is 26.8 Å². The zero-order valence-electron chi connectivity index (χ0n) is 23.3. The molecule has 0 saturated carbocycles. The van der Waals surface area contributed by atoms with E-state index in [-0.39, 0.29) is 48.1 Å². The molecule has 6 rings (SSSR count). The van der Waals surface area contributed by atoms with Gasteiger partial charge >= 0.3 is 0 Å². The summed E-state index contributed by atoms with van der Waals surface area (Å²) < 4.78 is 32.5. The Bertz CT molecular complexity index is 1460. The van der Waals surface area contributed by atoms with Crippen molar-refractivity contribution in [2.75, 3.05) is 37.1 Å². The maximum absolute atomic E-state index is 13.9. The van der Waals surface area contributed by atoms with Gasteiger partial charge in [0.15, 0.2) is 11.5 Å². The Balaban J connectivity index is 1.48. The summed E-state index contributed by atoms with van der Waals surface area (Å²) in [6, 6.07) is 11.8. The molecule has 216 valence electrons. The first kappa shape index (κ1) is 27.6. The SMILES string of the molecule is CC(C)(C)c1nn(-c2ccc(F)cc2)c2c1[C@@H](c1ccc3c(c1)OCO3)SCC(=O)N2CC(=O)NC[C@@H]1CCCO1. The Morgan fingerprint density at radius 2 is 1.93 bits per heavy atom. The quantitative estimate of drug-likeness (QED) is 0.459. The number of fused-ring (bicyclic) bond motifs is 2. The molecule has 9 nitrogen and oxygen atoms in total. The van der Waals surface area contributed by atoms with Gasteiger partial charge in [-0.25, -0.2) is 9.07 Å². The third kappa shape index (κ3) is 5.52. The fourth-order valence-corrected chi connectivity index (χ4v) is 6.60. The normalized spacial score (nSPS) is 20.2. The molecule has 1 saturated heterocycles. The van der Waals surface area contributed by atoms with Gasteiger partial charge in [0.1, 0.15) is 18.2 Å². The highest BCUT2D eigenvalue weighted by molar-refractivity contribution is 8.00. The molecule has 3 aliphatic heterocycles. The molecule has 0 aliphatic carbocycles. The van der Waals surface area contributed by atoms with Crippen LogP contribution in [0.5, 0.6) is 11.5 Å². The number of anilines is 1. The van der Waals surface area contributed by atoms with Crippen LogP contribution in [0.1, 0.15) is 55.7 Å². The smallest absolute Gasteiger partial charge is 0.240 e. The second-order valence-corrected chi connectivity index (χ2v) is 12.5. The van der Waals surface area contributed by atoms with E-state index in [0.29, 0.717) is 36.2 Å². The number of benzene rings is 2. The number of halogens is 1. The van der Waals surface area contributed by atoms with Crippen molar-refractivity contribution in [2.24, 2.45) is 0 Å². The first-order chi connectivity index (χ1) is 19.7. The van der Waals surface area contributed by atoms with Crippen molar-refractivity contribution < 1.29 is 28.2 Å². The van der Waals surface area contributed by atoms with E-state index in [4.69, 9.17) is 19.3 Å². The molecule has 2 atom stereocenters. The first-order valence-electron chi connectivity index (χ1n) is 13.8. The van der Waals surface area contributed by atoms with Crippen LogP contribution in [0, 0.1) is 5.82 Å². The molecule has 11 heteroatoms. The van der Waals surface area contributed by atoms with Crippen LogP contribution in [0.25, 0.3) is 5.69 Å². The minimum Gasteiger partial charge on any atom is -0.454 e. The number of hydrogen-bond donors (Lipinski definition) is 1. The average Bonchev–Trinajstić information content (AvgIpc) is 3.69. The zero-order chi connectivity index (χ0) is 28.7. The summed E-state index contributed by atoms with van der Waals surface area (Å²) in [5, 5.41) is 7.69. The van der Waals surface area contributed by atoms with E-state index in [1.165, 1.54) is 28.8 Å². The molecule has 0 radical (unpaired) electrons. The topological polar surface area (TPSA) is 94.9 Å². The van der Waals surface area contributed by atoms with Crippen molar-refractivity contribution in [1.29, 1.82) is 0 Å². The monoisotopic (exact) mass is 580 g/mol. The number of nitrogens with one attached hydrogen (secondary N) is 1. The number of nitrogens with zero attached hydrogens (tertiary/aromatic N) is 3. The summed E-state index contributed by atoms with van der Waals surface area (Å²) in [5.74, 6) is 1.11. The fraction of sp³-hybridized carbons (Fsp3) is 0.433. The largest absolute Gasteiger partial charge is 0.454 e. The Labute approximate surface area is 242 Å². The summed E-state index contributed by atoms with van der Waals surface area (Å²) in [4.78, 5) is 28.5. The lowest BCUT2D eigenvalue weighted by atomic mass is 9.87. The standard InChI is InChI=1S/C30H33FN4O5S/c1-30(2,3)28-26-27(18-6-11-22-23(13-18)40-17-39-22)41-16-25(37)34(15-24(36)32-14-21-5-4-12-38-21)29(26)35(33-28)20-9-7-19(31)8-10-20/h6-11,13,21,27H,4-5,12,14-17H2,1-3H3,(H,32,36)/t21-,27+/m0/s1. The van der Waals surface area contributed by atoms with Gasteiger partial charge in [-0.3, -0.25) is 14.5 Å². The minimum absolute atomic E-state index is 0.0162. The Morgan fingerprint density at radius 3 is 2.66 bits per heavy atom. The van der Waals surface area contributed by atoms with Gasteiger partial charge in [-0.2, -0.15) is 5.10 Å². The lowest BCUT2D eigenvalue weighted by molar-refractivity contribution is -0.123. The second-order valence-electron chi connectivity index (χ2n) is 11.4. The third-order valence-electron chi connectivity index (χ3n) is 7.42. The highest BCUT2D eigenvalue weighted by Crippen LogP contribution is 2.49. The van der Waals surface area contributed by atoms with Crippen molar-refractivity contribution in [3.8, 4) is 17.2 Å².